The van der Waals surface area contributed by atoms with Gasteiger partial charge in [0.2, 0.25) is 0 Å². The van der Waals surface area contributed by atoms with Gasteiger partial charge >= 0.3 is 11.9 Å². The molecule has 0 aliphatic heterocycles. The van der Waals surface area contributed by atoms with Gasteiger partial charge in [0.25, 0.3) is 0 Å². The summed E-state index contributed by atoms with van der Waals surface area (Å²) in [6.07, 6.45) is 3.95. The Hall–Kier alpha value is -1.78. The highest BCUT2D eigenvalue weighted by Crippen LogP contribution is 2.00. The van der Waals surface area contributed by atoms with Crippen LogP contribution in [0.5, 0.6) is 0 Å². The molecule has 0 N–H and O–H groups in total. The Balaban J connectivity index is 4.71. The first-order valence-electron chi connectivity index (χ1n) is 3.73. The van der Waals surface area contributed by atoms with Crippen molar-refractivity contribution in [2.24, 2.45) is 0 Å². The highest BCUT2D eigenvalue weighted by atomic mass is 16.5. The van der Waals surface area contributed by atoms with Crippen LogP contribution in [0.25, 0.3) is 0 Å². The van der Waals surface area contributed by atoms with Crippen LogP contribution in [-0.4, -0.2) is 33.3 Å². The molecule has 0 aliphatic carbocycles. The number of methoxy groups -OCH3 is 3. The van der Waals surface area contributed by atoms with Crippen LogP contribution in [0.3, 0.4) is 0 Å². The third kappa shape index (κ3) is 3.75. The van der Waals surface area contributed by atoms with Crippen LogP contribution in [0.15, 0.2) is 24.0 Å². The maximum atomic E-state index is 11.0. The normalized spacial score (nSPS) is 9.36. The molecule has 0 saturated heterocycles. The molecule has 5 heteroatoms. The standard InChI is InChI=1S/C9H12O5/c1-12-6-4-5-7(8(10)13-2)9(11)14-3/h4-6H,1-3H3/b6-4-. The zero-order valence-corrected chi connectivity index (χ0v) is 8.27. The number of hydrogen-bond acceptors (Lipinski definition) is 5. The number of allylic oxidation sites excluding steroid dienone is 2. The average Bonchev–Trinajstić information content (AvgIpc) is 2.22. The number of carbonyl (C=O) groups is 2. The molecule has 0 aromatic rings. The monoisotopic (exact) mass is 200 g/mol. The Bertz CT molecular complexity index is 246. The van der Waals surface area contributed by atoms with E-state index in [0.717, 1.165) is 0 Å². The molecule has 0 aromatic carbocycles. The van der Waals surface area contributed by atoms with E-state index in [4.69, 9.17) is 0 Å². The SMILES string of the molecule is CO/C=C\C=C(C(=O)OC)C(=O)OC. The van der Waals surface area contributed by atoms with Crippen molar-refractivity contribution < 1.29 is 23.8 Å². The highest BCUT2D eigenvalue weighted by molar-refractivity contribution is 6.14. The van der Waals surface area contributed by atoms with E-state index in [1.807, 2.05) is 0 Å². The summed E-state index contributed by atoms with van der Waals surface area (Å²) in [4.78, 5) is 22.1. The third-order valence-electron chi connectivity index (χ3n) is 1.29. The van der Waals surface area contributed by atoms with Crippen LogP contribution in [0, 0.1) is 0 Å². The largest absolute Gasteiger partial charge is 0.504 e. The summed E-state index contributed by atoms with van der Waals surface area (Å²) in [5.41, 5.74) is -0.191. The van der Waals surface area contributed by atoms with E-state index >= 15 is 0 Å². The maximum Gasteiger partial charge on any atom is 0.345 e. The van der Waals surface area contributed by atoms with Crippen molar-refractivity contribution >= 4 is 11.9 Å². The van der Waals surface area contributed by atoms with Crippen LogP contribution in [-0.2, 0) is 23.8 Å². The number of rotatable bonds is 4. The number of hydrogen-bond donors (Lipinski definition) is 0. The third-order valence-corrected chi connectivity index (χ3v) is 1.29. The lowest BCUT2D eigenvalue weighted by atomic mass is 10.2. The fraction of sp³-hybridized carbons (Fsp3) is 0.333. The lowest BCUT2D eigenvalue weighted by molar-refractivity contribution is -0.144. The van der Waals surface area contributed by atoms with E-state index < -0.39 is 11.9 Å². The van der Waals surface area contributed by atoms with Crippen molar-refractivity contribution in [2.45, 2.75) is 0 Å². The van der Waals surface area contributed by atoms with Gasteiger partial charge in [-0.1, -0.05) is 0 Å². The van der Waals surface area contributed by atoms with Crippen LogP contribution >= 0.6 is 0 Å². The van der Waals surface area contributed by atoms with Gasteiger partial charge in [0.15, 0.2) is 0 Å². The summed E-state index contributed by atoms with van der Waals surface area (Å²) in [7, 11) is 3.80. The van der Waals surface area contributed by atoms with Gasteiger partial charge in [-0.05, 0) is 12.2 Å². The topological polar surface area (TPSA) is 61.8 Å². The molecule has 0 aromatic heterocycles. The average molecular weight is 200 g/mol. The summed E-state index contributed by atoms with van der Waals surface area (Å²) in [6.45, 7) is 0. The molecular weight excluding hydrogens is 188 g/mol. The molecule has 0 bridgehead atoms. The number of esters is 2. The van der Waals surface area contributed by atoms with Gasteiger partial charge in [0.05, 0.1) is 27.6 Å². The van der Waals surface area contributed by atoms with Crippen molar-refractivity contribution in [3.05, 3.63) is 24.0 Å². The first-order chi connectivity index (χ1) is 6.67. The summed E-state index contributed by atoms with van der Waals surface area (Å²) >= 11 is 0. The Morgan fingerprint density at radius 2 is 1.50 bits per heavy atom. The minimum Gasteiger partial charge on any atom is -0.504 e. The molecule has 0 atom stereocenters. The van der Waals surface area contributed by atoms with Gasteiger partial charge in [-0.15, -0.1) is 0 Å². The zero-order valence-electron chi connectivity index (χ0n) is 8.27. The predicted molar refractivity (Wildman–Crippen MR) is 48.3 cm³/mol. The molecule has 5 nitrogen and oxygen atoms in total. The second-order valence-corrected chi connectivity index (χ2v) is 2.13. The van der Waals surface area contributed by atoms with Crippen molar-refractivity contribution in [3.63, 3.8) is 0 Å². The molecule has 0 spiro atoms. The van der Waals surface area contributed by atoms with Crippen LogP contribution in [0.2, 0.25) is 0 Å². The second-order valence-electron chi connectivity index (χ2n) is 2.13. The summed E-state index contributed by atoms with van der Waals surface area (Å²) in [5, 5.41) is 0. The quantitative estimate of drug-likeness (QED) is 0.164. The Morgan fingerprint density at radius 3 is 1.86 bits per heavy atom. The van der Waals surface area contributed by atoms with E-state index in [0.29, 0.717) is 0 Å². The number of ether oxygens (including phenoxy) is 3. The van der Waals surface area contributed by atoms with Gasteiger partial charge in [-0.3, -0.25) is 0 Å². The summed E-state index contributed by atoms with van der Waals surface area (Å²) < 4.78 is 13.4. The smallest absolute Gasteiger partial charge is 0.345 e. The van der Waals surface area contributed by atoms with Crippen molar-refractivity contribution in [1.29, 1.82) is 0 Å². The first-order valence-corrected chi connectivity index (χ1v) is 3.73. The fourth-order valence-corrected chi connectivity index (χ4v) is 0.653. The highest BCUT2D eigenvalue weighted by Gasteiger charge is 2.18. The van der Waals surface area contributed by atoms with Gasteiger partial charge in [0, 0.05) is 0 Å². The molecule has 0 heterocycles. The lowest BCUT2D eigenvalue weighted by Crippen LogP contribution is -2.15. The molecule has 0 radical (unpaired) electrons. The Labute approximate surface area is 81.9 Å². The van der Waals surface area contributed by atoms with Crippen molar-refractivity contribution in [1.82, 2.24) is 0 Å². The Morgan fingerprint density at radius 1 is 1.00 bits per heavy atom. The summed E-state index contributed by atoms with van der Waals surface area (Å²) in [5.74, 6) is -1.50. The fourth-order valence-electron chi connectivity index (χ4n) is 0.653. The Kier molecular flexibility index (Phi) is 5.85. The number of carbonyl (C=O) groups excluding carboxylic acids is 2. The van der Waals surface area contributed by atoms with E-state index in [1.54, 1.807) is 0 Å². The predicted octanol–water partition coefficient (Wildman–Crippen LogP) is 0.419. The lowest BCUT2D eigenvalue weighted by Gasteiger charge is -2.01. The van der Waals surface area contributed by atoms with Crippen molar-refractivity contribution in [2.75, 3.05) is 21.3 Å². The molecule has 14 heavy (non-hydrogen) atoms. The van der Waals surface area contributed by atoms with Crippen molar-refractivity contribution in [3.8, 4) is 0 Å². The minimum absolute atomic E-state index is 0.191. The maximum absolute atomic E-state index is 11.0. The van der Waals surface area contributed by atoms with Gasteiger partial charge in [-0.2, -0.15) is 0 Å². The zero-order chi connectivity index (χ0) is 11.0. The molecule has 0 saturated carbocycles. The second kappa shape index (κ2) is 6.71. The van der Waals surface area contributed by atoms with E-state index in [9.17, 15) is 9.59 Å². The first kappa shape index (κ1) is 12.2. The molecule has 0 amide bonds. The molecule has 78 valence electrons. The van der Waals surface area contributed by atoms with Gasteiger partial charge in [0.1, 0.15) is 5.57 Å². The molecule has 0 rings (SSSR count). The molecular formula is C9H12O5. The van der Waals surface area contributed by atoms with E-state index in [2.05, 4.69) is 14.2 Å². The van der Waals surface area contributed by atoms with Gasteiger partial charge < -0.3 is 14.2 Å². The van der Waals surface area contributed by atoms with Crippen LogP contribution < -0.4 is 0 Å². The van der Waals surface area contributed by atoms with Crippen LogP contribution in [0.4, 0.5) is 0 Å². The summed E-state index contributed by atoms with van der Waals surface area (Å²) in [6, 6.07) is 0. The van der Waals surface area contributed by atoms with E-state index in [1.165, 1.54) is 39.7 Å². The molecule has 0 fully saturated rings. The van der Waals surface area contributed by atoms with Crippen LogP contribution in [0.1, 0.15) is 0 Å². The van der Waals surface area contributed by atoms with E-state index in [-0.39, 0.29) is 5.57 Å². The molecule has 0 aliphatic rings. The van der Waals surface area contributed by atoms with Gasteiger partial charge in [-0.25, -0.2) is 9.59 Å². The molecule has 0 unspecified atom stereocenters. The minimum atomic E-state index is -0.752.